The van der Waals surface area contributed by atoms with Gasteiger partial charge in [-0.05, 0) is 44.0 Å². The van der Waals surface area contributed by atoms with Crippen LogP contribution >= 0.6 is 11.6 Å². The Bertz CT molecular complexity index is 492. The monoisotopic (exact) mass is 295 g/mol. The predicted molar refractivity (Wildman–Crippen MR) is 80.6 cm³/mol. The Balaban J connectivity index is 1.95. The van der Waals surface area contributed by atoms with E-state index in [-0.39, 0.29) is 12.1 Å². The van der Waals surface area contributed by atoms with Gasteiger partial charge in [-0.3, -0.25) is 0 Å². The summed E-state index contributed by atoms with van der Waals surface area (Å²) in [5.74, 6) is 1.02. The highest BCUT2D eigenvalue weighted by Gasteiger charge is 2.33. The van der Waals surface area contributed by atoms with Crippen molar-refractivity contribution < 1.29 is 9.47 Å². The lowest BCUT2D eigenvalue weighted by Crippen LogP contribution is -2.32. The molecule has 1 fully saturated rings. The maximum atomic E-state index is 6.28. The topological polar surface area (TPSA) is 30.5 Å². The van der Waals surface area contributed by atoms with Crippen LogP contribution in [0.3, 0.4) is 0 Å². The van der Waals surface area contributed by atoms with E-state index < -0.39 is 0 Å². The van der Waals surface area contributed by atoms with Crippen molar-refractivity contribution in [1.82, 2.24) is 5.32 Å². The van der Waals surface area contributed by atoms with Crippen LogP contribution in [0.25, 0.3) is 0 Å². The summed E-state index contributed by atoms with van der Waals surface area (Å²) in [5, 5.41) is 4.34. The largest absolute Gasteiger partial charge is 0.493 e. The molecule has 3 unspecified atom stereocenters. The molecule has 0 aromatic heterocycles. The summed E-state index contributed by atoms with van der Waals surface area (Å²) in [6.45, 7) is 5.92. The minimum absolute atomic E-state index is 0.162. The van der Waals surface area contributed by atoms with Gasteiger partial charge in [0.15, 0.2) is 0 Å². The molecule has 20 heavy (non-hydrogen) atoms. The average Bonchev–Trinajstić information content (AvgIpc) is 3.03. The Hall–Kier alpha value is -0.770. The first-order valence-electron chi connectivity index (χ1n) is 7.53. The highest BCUT2D eigenvalue weighted by Crippen LogP contribution is 2.40. The minimum Gasteiger partial charge on any atom is -0.493 e. The van der Waals surface area contributed by atoms with E-state index in [1.54, 1.807) is 0 Å². The molecule has 0 spiro atoms. The van der Waals surface area contributed by atoms with E-state index in [0.29, 0.717) is 6.10 Å². The quantitative estimate of drug-likeness (QED) is 0.922. The standard InChI is InChI=1S/C16H22ClNO2/c1-3-18-15(14-5-4-10(2)20-14)13-9-12(17)8-11-6-7-19-16(11)13/h8-10,14-15,18H,3-7H2,1-2H3. The second-order valence-corrected chi connectivity index (χ2v) is 6.12. The molecule has 1 N–H and O–H groups in total. The normalized spacial score (nSPS) is 26.4. The van der Waals surface area contributed by atoms with Crippen LogP contribution in [0.2, 0.25) is 5.02 Å². The number of hydrogen-bond donors (Lipinski definition) is 1. The van der Waals surface area contributed by atoms with Crippen molar-refractivity contribution >= 4 is 11.6 Å². The fourth-order valence-electron chi connectivity index (χ4n) is 3.27. The van der Waals surface area contributed by atoms with E-state index in [4.69, 9.17) is 21.1 Å². The van der Waals surface area contributed by atoms with Gasteiger partial charge in [0, 0.05) is 17.0 Å². The van der Waals surface area contributed by atoms with Crippen molar-refractivity contribution in [3.63, 3.8) is 0 Å². The van der Waals surface area contributed by atoms with E-state index in [2.05, 4.69) is 19.2 Å². The first kappa shape index (κ1) is 14.2. The zero-order valence-electron chi connectivity index (χ0n) is 12.1. The van der Waals surface area contributed by atoms with Gasteiger partial charge in [0.05, 0.1) is 24.9 Å². The lowest BCUT2D eigenvalue weighted by molar-refractivity contribution is 0.0314. The van der Waals surface area contributed by atoms with Crippen molar-refractivity contribution in [2.75, 3.05) is 13.2 Å². The minimum atomic E-state index is 0.162. The SMILES string of the molecule is CCNC(c1cc(Cl)cc2c1OCC2)C1CCC(C)O1. The van der Waals surface area contributed by atoms with E-state index in [0.717, 1.165) is 48.7 Å². The van der Waals surface area contributed by atoms with Gasteiger partial charge in [0.1, 0.15) is 5.75 Å². The molecule has 3 atom stereocenters. The maximum absolute atomic E-state index is 6.28. The van der Waals surface area contributed by atoms with Gasteiger partial charge in [-0.2, -0.15) is 0 Å². The van der Waals surface area contributed by atoms with Crippen LogP contribution in [-0.4, -0.2) is 25.4 Å². The maximum Gasteiger partial charge on any atom is 0.127 e. The summed E-state index contributed by atoms with van der Waals surface area (Å²) in [4.78, 5) is 0. The lowest BCUT2D eigenvalue weighted by atomic mass is 9.96. The van der Waals surface area contributed by atoms with Crippen molar-refractivity contribution in [3.05, 3.63) is 28.3 Å². The van der Waals surface area contributed by atoms with Gasteiger partial charge in [-0.15, -0.1) is 0 Å². The molecule has 2 aliphatic heterocycles. The molecular weight excluding hydrogens is 274 g/mol. The third kappa shape index (κ3) is 2.67. The number of ether oxygens (including phenoxy) is 2. The molecule has 2 heterocycles. The molecule has 0 saturated carbocycles. The van der Waals surface area contributed by atoms with Crippen LogP contribution in [0.15, 0.2) is 12.1 Å². The Labute approximate surface area is 125 Å². The number of benzene rings is 1. The summed E-state index contributed by atoms with van der Waals surface area (Å²) < 4.78 is 11.9. The Morgan fingerprint density at radius 2 is 2.25 bits per heavy atom. The van der Waals surface area contributed by atoms with Crippen LogP contribution < -0.4 is 10.1 Å². The molecular formula is C16H22ClNO2. The van der Waals surface area contributed by atoms with Crippen LogP contribution in [-0.2, 0) is 11.2 Å². The number of halogens is 1. The highest BCUT2D eigenvalue weighted by molar-refractivity contribution is 6.30. The summed E-state index contributed by atoms with van der Waals surface area (Å²) in [6.07, 6.45) is 3.70. The molecule has 1 saturated heterocycles. The van der Waals surface area contributed by atoms with Crippen LogP contribution in [0.4, 0.5) is 0 Å². The molecule has 2 aliphatic rings. The lowest BCUT2D eigenvalue weighted by Gasteiger charge is -2.26. The average molecular weight is 296 g/mol. The Kier molecular flexibility index (Phi) is 4.20. The van der Waals surface area contributed by atoms with Crippen molar-refractivity contribution in [2.45, 2.75) is 51.4 Å². The summed E-state index contributed by atoms with van der Waals surface area (Å²) in [5.41, 5.74) is 2.38. The second kappa shape index (κ2) is 5.92. The van der Waals surface area contributed by atoms with E-state index in [9.17, 15) is 0 Å². The van der Waals surface area contributed by atoms with Crippen LogP contribution in [0.5, 0.6) is 5.75 Å². The third-order valence-electron chi connectivity index (χ3n) is 4.17. The molecule has 0 bridgehead atoms. The summed E-state index contributed by atoms with van der Waals surface area (Å²) in [6, 6.07) is 4.22. The Morgan fingerprint density at radius 1 is 1.40 bits per heavy atom. The summed E-state index contributed by atoms with van der Waals surface area (Å²) in [7, 11) is 0. The first-order chi connectivity index (χ1) is 9.69. The number of nitrogens with one attached hydrogen (secondary N) is 1. The first-order valence-corrected chi connectivity index (χ1v) is 7.90. The number of rotatable bonds is 4. The number of hydrogen-bond acceptors (Lipinski definition) is 3. The summed E-state index contributed by atoms with van der Waals surface area (Å²) >= 11 is 6.28. The van der Waals surface area contributed by atoms with Crippen molar-refractivity contribution in [3.8, 4) is 5.75 Å². The van der Waals surface area contributed by atoms with Gasteiger partial charge >= 0.3 is 0 Å². The van der Waals surface area contributed by atoms with Gasteiger partial charge in [-0.1, -0.05) is 18.5 Å². The zero-order valence-corrected chi connectivity index (χ0v) is 12.9. The third-order valence-corrected chi connectivity index (χ3v) is 4.39. The van der Waals surface area contributed by atoms with E-state index in [1.165, 1.54) is 5.56 Å². The number of likely N-dealkylation sites (N-methyl/N-ethyl adjacent to an activating group) is 1. The number of fused-ring (bicyclic) bond motifs is 1. The molecule has 4 heteroatoms. The van der Waals surface area contributed by atoms with Gasteiger partial charge < -0.3 is 14.8 Å². The molecule has 3 rings (SSSR count). The van der Waals surface area contributed by atoms with Crippen LogP contribution in [0.1, 0.15) is 43.9 Å². The molecule has 0 radical (unpaired) electrons. The fourth-order valence-corrected chi connectivity index (χ4v) is 3.52. The fraction of sp³-hybridized carbons (Fsp3) is 0.625. The Morgan fingerprint density at radius 3 is 2.95 bits per heavy atom. The molecule has 1 aromatic carbocycles. The zero-order chi connectivity index (χ0) is 14.1. The van der Waals surface area contributed by atoms with Gasteiger partial charge in [0.25, 0.3) is 0 Å². The second-order valence-electron chi connectivity index (χ2n) is 5.68. The molecule has 0 aliphatic carbocycles. The molecule has 0 amide bonds. The van der Waals surface area contributed by atoms with Gasteiger partial charge in [-0.25, -0.2) is 0 Å². The van der Waals surface area contributed by atoms with E-state index in [1.807, 2.05) is 12.1 Å². The van der Waals surface area contributed by atoms with Gasteiger partial charge in [0.2, 0.25) is 0 Å². The van der Waals surface area contributed by atoms with Crippen LogP contribution in [0, 0.1) is 0 Å². The smallest absolute Gasteiger partial charge is 0.127 e. The van der Waals surface area contributed by atoms with Crippen molar-refractivity contribution in [1.29, 1.82) is 0 Å². The molecule has 1 aromatic rings. The van der Waals surface area contributed by atoms with Crippen molar-refractivity contribution in [2.24, 2.45) is 0 Å². The predicted octanol–water partition coefficient (Wildman–Crippen LogP) is 3.49. The molecule has 3 nitrogen and oxygen atoms in total. The van der Waals surface area contributed by atoms with E-state index >= 15 is 0 Å². The highest BCUT2D eigenvalue weighted by atomic mass is 35.5. The molecule has 110 valence electrons.